The van der Waals surface area contributed by atoms with E-state index in [4.69, 9.17) is 4.74 Å². The van der Waals surface area contributed by atoms with Crippen molar-refractivity contribution in [1.82, 2.24) is 9.88 Å². The predicted molar refractivity (Wildman–Crippen MR) is 82.6 cm³/mol. The van der Waals surface area contributed by atoms with Crippen molar-refractivity contribution in [2.45, 2.75) is 12.5 Å². The van der Waals surface area contributed by atoms with Crippen molar-refractivity contribution in [1.29, 1.82) is 0 Å². The normalized spacial score (nSPS) is 17.9. The van der Waals surface area contributed by atoms with E-state index < -0.39 is 0 Å². The highest BCUT2D eigenvalue weighted by atomic mass is 16.5. The molecule has 0 aliphatic carbocycles. The van der Waals surface area contributed by atoms with Crippen LogP contribution < -0.4 is 5.32 Å². The van der Waals surface area contributed by atoms with Crippen molar-refractivity contribution in [3.05, 3.63) is 36.0 Å². The molecule has 0 bridgehead atoms. The maximum absolute atomic E-state index is 12.6. The predicted octanol–water partition coefficient (Wildman–Crippen LogP) is 2.14. The highest BCUT2D eigenvalue weighted by Crippen LogP contribution is 2.24. The van der Waals surface area contributed by atoms with Gasteiger partial charge in [0.25, 0.3) is 5.91 Å². The van der Waals surface area contributed by atoms with Gasteiger partial charge in [0.1, 0.15) is 5.69 Å². The summed E-state index contributed by atoms with van der Waals surface area (Å²) in [4.78, 5) is 18.9. The van der Waals surface area contributed by atoms with E-state index >= 15 is 0 Å². The summed E-state index contributed by atoms with van der Waals surface area (Å²) in [7, 11) is 3.67. The van der Waals surface area contributed by atoms with Crippen molar-refractivity contribution in [3.63, 3.8) is 0 Å². The molecular formula is C16H19N3O2. The van der Waals surface area contributed by atoms with Crippen LogP contribution in [0.25, 0.3) is 10.9 Å². The number of fused-ring (bicyclic) bond motifs is 1. The van der Waals surface area contributed by atoms with Gasteiger partial charge in [-0.2, -0.15) is 0 Å². The van der Waals surface area contributed by atoms with Crippen LogP contribution in [0.4, 0.5) is 5.69 Å². The number of rotatable bonds is 3. The van der Waals surface area contributed by atoms with Gasteiger partial charge in [-0.05, 0) is 18.6 Å². The van der Waals surface area contributed by atoms with Gasteiger partial charge in [-0.3, -0.25) is 4.79 Å². The third kappa shape index (κ3) is 2.56. The first-order valence-electron chi connectivity index (χ1n) is 7.13. The van der Waals surface area contributed by atoms with Crippen LogP contribution in [0.3, 0.4) is 0 Å². The first-order valence-corrected chi connectivity index (χ1v) is 7.13. The second-order valence-corrected chi connectivity index (χ2v) is 5.26. The van der Waals surface area contributed by atoms with Gasteiger partial charge >= 0.3 is 0 Å². The second kappa shape index (κ2) is 5.69. The van der Waals surface area contributed by atoms with Crippen molar-refractivity contribution in [3.8, 4) is 0 Å². The number of hydrogen-bond donors (Lipinski definition) is 1. The molecule has 0 radical (unpaired) electrons. The van der Waals surface area contributed by atoms with Crippen LogP contribution in [0.15, 0.2) is 30.3 Å². The summed E-state index contributed by atoms with van der Waals surface area (Å²) in [6, 6.07) is 9.77. The van der Waals surface area contributed by atoms with Crippen LogP contribution >= 0.6 is 0 Å². The lowest BCUT2D eigenvalue weighted by Crippen LogP contribution is -2.37. The van der Waals surface area contributed by atoms with Crippen LogP contribution in [-0.2, 0) is 4.74 Å². The van der Waals surface area contributed by atoms with Crippen molar-refractivity contribution in [2.75, 3.05) is 32.6 Å². The molecule has 1 aromatic heterocycles. The summed E-state index contributed by atoms with van der Waals surface area (Å²) in [6.45, 7) is 1.32. The number of amides is 1. The average Bonchev–Trinajstić information content (AvgIpc) is 3.06. The van der Waals surface area contributed by atoms with E-state index in [0.717, 1.165) is 29.6 Å². The molecule has 1 aromatic carbocycles. The fourth-order valence-corrected chi connectivity index (χ4v) is 2.67. The topological polar surface area (TPSA) is 54.5 Å². The molecule has 1 saturated heterocycles. The van der Waals surface area contributed by atoms with Gasteiger partial charge in [0.2, 0.25) is 0 Å². The molecule has 1 aliphatic rings. The number of benzene rings is 1. The number of ether oxygens (including phenoxy) is 1. The molecular weight excluding hydrogens is 266 g/mol. The number of hydrogen-bond acceptors (Lipinski definition) is 4. The lowest BCUT2D eigenvalue weighted by molar-refractivity contribution is 0.0706. The summed E-state index contributed by atoms with van der Waals surface area (Å²) in [5.41, 5.74) is 2.20. The first kappa shape index (κ1) is 13.8. The number of anilines is 1. The summed E-state index contributed by atoms with van der Waals surface area (Å²) in [6.07, 6.45) is 0.884. The number of nitrogens with one attached hydrogen (secondary N) is 1. The molecule has 5 heteroatoms. The highest BCUT2D eigenvalue weighted by molar-refractivity contribution is 5.99. The quantitative estimate of drug-likeness (QED) is 0.938. The smallest absolute Gasteiger partial charge is 0.272 e. The Hall–Kier alpha value is -2.14. The lowest BCUT2D eigenvalue weighted by atomic mass is 10.1. The maximum atomic E-state index is 12.6. The lowest BCUT2D eigenvalue weighted by Gasteiger charge is -2.23. The van der Waals surface area contributed by atoms with Crippen LogP contribution in [0.5, 0.6) is 0 Å². The Morgan fingerprint density at radius 2 is 2.24 bits per heavy atom. The minimum absolute atomic E-state index is 0.0623. The number of carbonyl (C=O) groups is 1. The maximum Gasteiger partial charge on any atom is 0.272 e. The van der Waals surface area contributed by atoms with E-state index in [-0.39, 0.29) is 11.9 Å². The number of pyridine rings is 1. The Bertz CT molecular complexity index is 666. The summed E-state index contributed by atoms with van der Waals surface area (Å²) in [5, 5.41) is 4.16. The van der Waals surface area contributed by atoms with Crippen molar-refractivity contribution in [2.24, 2.45) is 0 Å². The summed E-state index contributed by atoms with van der Waals surface area (Å²) >= 11 is 0. The molecule has 1 N–H and O–H groups in total. The monoisotopic (exact) mass is 285 g/mol. The fourth-order valence-electron chi connectivity index (χ4n) is 2.67. The highest BCUT2D eigenvalue weighted by Gasteiger charge is 2.26. The first-order chi connectivity index (χ1) is 10.2. The number of likely N-dealkylation sites (N-methyl/N-ethyl adjacent to an activating group) is 1. The fraction of sp³-hybridized carbons (Fsp3) is 0.375. The standard InChI is InChI=1S/C16H19N3O2/c1-17-14-9-15(18-13-6-4-3-5-12(13)14)16(20)19(2)11-7-8-21-10-11/h3-6,9,11H,7-8,10H2,1-2H3,(H,17,18). The van der Waals surface area contributed by atoms with E-state index in [2.05, 4.69) is 10.3 Å². The van der Waals surface area contributed by atoms with Gasteiger partial charge in [-0.15, -0.1) is 0 Å². The van der Waals surface area contributed by atoms with Crippen LogP contribution in [0, 0.1) is 0 Å². The minimum Gasteiger partial charge on any atom is -0.388 e. The van der Waals surface area contributed by atoms with E-state index in [1.54, 1.807) is 4.90 Å². The van der Waals surface area contributed by atoms with Crippen LogP contribution in [0.1, 0.15) is 16.9 Å². The van der Waals surface area contributed by atoms with Gasteiger partial charge in [0.15, 0.2) is 0 Å². The largest absolute Gasteiger partial charge is 0.388 e. The third-order valence-corrected chi connectivity index (χ3v) is 3.98. The van der Waals surface area contributed by atoms with E-state index in [1.165, 1.54) is 0 Å². The summed E-state index contributed by atoms with van der Waals surface area (Å²) < 4.78 is 5.35. The molecule has 1 fully saturated rings. The Morgan fingerprint density at radius 3 is 2.95 bits per heavy atom. The molecule has 110 valence electrons. The van der Waals surface area contributed by atoms with Gasteiger partial charge in [-0.25, -0.2) is 4.98 Å². The molecule has 1 unspecified atom stereocenters. The number of aromatic nitrogens is 1. The van der Waals surface area contributed by atoms with E-state index in [1.807, 2.05) is 44.4 Å². The third-order valence-electron chi connectivity index (χ3n) is 3.98. The number of para-hydroxylation sites is 1. The van der Waals surface area contributed by atoms with Gasteiger partial charge in [0, 0.05) is 31.8 Å². The van der Waals surface area contributed by atoms with Crippen molar-refractivity contribution >= 4 is 22.5 Å². The Labute approximate surface area is 123 Å². The Balaban J connectivity index is 1.97. The average molecular weight is 285 g/mol. The molecule has 1 aliphatic heterocycles. The zero-order chi connectivity index (χ0) is 14.8. The molecule has 5 nitrogen and oxygen atoms in total. The Kier molecular flexibility index (Phi) is 3.75. The molecule has 1 amide bonds. The number of carbonyl (C=O) groups excluding carboxylic acids is 1. The SMILES string of the molecule is CNc1cc(C(=O)N(C)C2CCOC2)nc2ccccc12. The second-order valence-electron chi connectivity index (χ2n) is 5.26. The van der Waals surface area contributed by atoms with Gasteiger partial charge < -0.3 is 15.0 Å². The van der Waals surface area contributed by atoms with Gasteiger partial charge in [0.05, 0.1) is 18.2 Å². The molecule has 1 atom stereocenters. The Morgan fingerprint density at radius 1 is 1.43 bits per heavy atom. The van der Waals surface area contributed by atoms with Crippen molar-refractivity contribution < 1.29 is 9.53 Å². The molecule has 2 aromatic rings. The van der Waals surface area contributed by atoms with E-state index in [9.17, 15) is 4.79 Å². The molecule has 3 rings (SSSR count). The zero-order valence-corrected chi connectivity index (χ0v) is 12.3. The molecule has 0 saturated carbocycles. The molecule has 0 spiro atoms. The van der Waals surface area contributed by atoms with Crippen LogP contribution in [-0.4, -0.2) is 49.1 Å². The van der Waals surface area contributed by atoms with E-state index in [0.29, 0.717) is 12.3 Å². The van der Waals surface area contributed by atoms with Crippen LogP contribution in [0.2, 0.25) is 0 Å². The zero-order valence-electron chi connectivity index (χ0n) is 12.3. The molecule has 2 heterocycles. The molecule has 21 heavy (non-hydrogen) atoms. The number of nitrogens with zero attached hydrogens (tertiary/aromatic N) is 2. The summed E-state index contributed by atoms with van der Waals surface area (Å²) in [5.74, 6) is -0.0623. The van der Waals surface area contributed by atoms with Gasteiger partial charge in [-0.1, -0.05) is 18.2 Å². The minimum atomic E-state index is -0.0623.